The number of pyridine rings is 1. The Morgan fingerprint density at radius 1 is 0.571 bits per heavy atom. The molecule has 2 aromatic carbocycles. The molecule has 0 atom stereocenters. The number of hydrogen-bond acceptors (Lipinski definition) is 3. The van der Waals surface area contributed by atoms with E-state index in [1.807, 2.05) is 36.4 Å². The first kappa shape index (κ1) is 26.7. The fraction of sp³-hybridized carbons (Fsp3) is 0.452. The third-order valence-corrected chi connectivity index (χ3v) is 6.22. The van der Waals surface area contributed by atoms with E-state index in [4.69, 9.17) is 9.47 Å². The van der Waals surface area contributed by atoms with Crippen LogP contribution in [0.4, 0.5) is 4.39 Å². The number of nitrogens with zero attached hydrogens (tertiary/aromatic N) is 1. The van der Waals surface area contributed by atoms with Gasteiger partial charge >= 0.3 is 0 Å². The zero-order valence-corrected chi connectivity index (χ0v) is 21.4. The third-order valence-electron chi connectivity index (χ3n) is 6.22. The number of aromatic nitrogens is 1. The van der Waals surface area contributed by atoms with Gasteiger partial charge < -0.3 is 9.47 Å². The van der Waals surface area contributed by atoms with Crippen LogP contribution < -0.4 is 9.47 Å². The molecule has 0 amide bonds. The first-order valence-corrected chi connectivity index (χ1v) is 13.3. The van der Waals surface area contributed by atoms with Crippen LogP contribution in [0.2, 0.25) is 0 Å². The molecule has 0 aliphatic rings. The Bertz CT molecular complexity index is 986. The summed E-state index contributed by atoms with van der Waals surface area (Å²) in [4.78, 5) is 4.00. The maximum Gasteiger partial charge on any atom is 0.224 e. The standard InChI is InChI=1S/C31H40FNO2/c1-3-5-7-9-10-12-23-34-28-19-17-26(18-20-28)25-13-15-27(16-14-25)29-21-22-30(33-31(29)32)35-24-11-8-6-4-2/h13-22H,3-12,23-24H2,1-2H3. The van der Waals surface area contributed by atoms with Gasteiger partial charge in [-0.2, -0.15) is 9.37 Å². The molecule has 188 valence electrons. The fourth-order valence-corrected chi connectivity index (χ4v) is 4.08. The molecular weight excluding hydrogens is 437 g/mol. The van der Waals surface area contributed by atoms with Crippen molar-refractivity contribution in [2.45, 2.75) is 78.1 Å². The second-order valence-electron chi connectivity index (χ2n) is 9.11. The van der Waals surface area contributed by atoms with Gasteiger partial charge in [-0.3, -0.25) is 0 Å². The van der Waals surface area contributed by atoms with E-state index in [1.54, 1.807) is 12.1 Å². The summed E-state index contributed by atoms with van der Waals surface area (Å²) in [6.45, 7) is 5.75. The van der Waals surface area contributed by atoms with Gasteiger partial charge in [0.05, 0.1) is 13.2 Å². The summed E-state index contributed by atoms with van der Waals surface area (Å²) in [7, 11) is 0. The number of unbranched alkanes of at least 4 members (excludes halogenated alkanes) is 8. The van der Waals surface area contributed by atoms with Crippen LogP contribution in [0, 0.1) is 5.95 Å². The summed E-state index contributed by atoms with van der Waals surface area (Å²) in [5.41, 5.74) is 3.46. The summed E-state index contributed by atoms with van der Waals surface area (Å²) < 4.78 is 26.1. The Morgan fingerprint density at radius 3 is 1.71 bits per heavy atom. The zero-order valence-electron chi connectivity index (χ0n) is 21.4. The van der Waals surface area contributed by atoms with Crippen molar-refractivity contribution in [3.63, 3.8) is 0 Å². The van der Waals surface area contributed by atoms with Gasteiger partial charge in [-0.1, -0.05) is 102 Å². The van der Waals surface area contributed by atoms with Gasteiger partial charge in [0.1, 0.15) is 5.75 Å². The molecule has 1 aromatic heterocycles. The topological polar surface area (TPSA) is 31.4 Å². The largest absolute Gasteiger partial charge is 0.494 e. The zero-order chi connectivity index (χ0) is 24.7. The van der Waals surface area contributed by atoms with E-state index in [-0.39, 0.29) is 0 Å². The molecule has 4 heteroatoms. The minimum absolute atomic E-state index is 0.346. The molecule has 3 aromatic rings. The molecule has 0 aliphatic heterocycles. The van der Waals surface area contributed by atoms with Crippen molar-refractivity contribution in [2.24, 2.45) is 0 Å². The molecule has 0 N–H and O–H groups in total. The van der Waals surface area contributed by atoms with Crippen LogP contribution >= 0.6 is 0 Å². The lowest BCUT2D eigenvalue weighted by atomic mass is 10.0. The number of hydrogen-bond donors (Lipinski definition) is 0. The maximum absolute atomic E-state index is 14.6. The molecule has 0 unspecified atom stereocenters. The van der Waals surface area contributed by atoms with Gasteiger partial charge in [-0.25, -0.2) is 0 Å². The number of rotatable bonds is 16. The van der Waals surface area contributed by atoms with Gasteiger partial charge in [-0.05, 0) is 47.7 Å². The first-order valence-electron chi connectivity index (χ1n) is 13.3. The van der Waals surface area contributed by atoms with E-state index in [2.05, 4.69) is 31.0 Å². The van der Waals surface area contributed by atoms with Crippen LogP contribution in [0.1, 0.15) is 78.1 Å². The van der Waals surface area contributed by atoms with Crippen LogP contribution in [0.15, 0.2) is 60.7 Å². The van der Waals surface area contributed by atoms with Crippen LogP contribution in [0.3, 0.4) is 0 Å². The van der Waals surface area contributed by atoms with Crippen molar-refractivity contribution in [1.82, 2.24) is 4.98 Å². The molecule has 3 nitrogen and oxygen atoms in total. The van der Waals surface area contributed by atoms with Crippen LogP contribution in [0.5, 0.6) is 11.6 Å². The highest BCUT2D eigenvalue weighted by Gasteiger charge is 2.09. The van der Waals surface area contributed by atoms with Crippen LogP contribution in [-0.2, 0) is 0 Å². The van der Waals surface area contributed by atoms with E-state index in [9.17, 15) is 4.39 Å². The van der Waals surface area contributed by atoms with E-state index in [1.165, 1.54) is 44.9 Å². The second-order valence-corrected chi connectivity index (χ2v) is 9.11. The Morgan fingerprint density at radius 2 is 1.09 bits per heavy atom. The maximum atomic E-state index is 14.6. The van der Waals surface area contributed by atoms with Gasteiger partial charge in [0.15, 0.2) is 0 Å². The summed E-state index contributed by atoms with van der Waals surface area (Å²) >= 11 is 0. The molecule has 0 spiro atoms. The predicted molar refractivity (Wildman–Crippen MR) is 144 cm³/mol. The van der Waals surface area contributed by atoms with E-state index in [0.29, 0.717) is 18.1 Å². The highest BCUT2D eigenvalue weighted by atomic mass is 19.1. The van der Waals surface area contributed by atoms with Gasteiger partial charge in [-0.15, -0.1) is 0 Å². The Labute approximate surface area is 210 Å². The van der Waals surface area contributed by atoms with Crippen molar-refractivity contribution in [1.29, 1.82) is 0 Å². The Balaban J connectivity index is 1.50. The molecule has 0 bridgehead atoms. The highest BCUT2D eigenvalue weighted by Crippen LogP contribution is 2.28. The minimum Gasteiger partial charge on any atom is -0.494 e. The summed E-state index contributed by atoms with van der Waals surface area (Å²) in [5, 5.41) is 0. The lowest BCUT2D eigenvalue weighted by Crippen LogP contribution is -2.01. The lowest BCUT2D eigenvalue weighted by Gasteiger charge is -2.09. The smallest absolute Gasteiger partial charge is 0.224 e. The van der Waals surface area contributed by atoms with Gasteiger partial charge in [0.2, 0.25) is 11.8 Å². The molecular formula is C31H40FNO2. The first-order chi connectivity index (χ1) is 17.2. The van der Waals surface area contributed by atoms with E-state index >= 15 is 0 Å². The highest BCUT2D eigenvalue weighted by molar-refractivity contribution is 5.70. The summed E-state index contributed by atoms with van der Waals surface area (Å²) in [6, 6.07) is 19.6. The predicted octanol–water partition coefficient (Wildman–Crippen LogP) is 9.25. The van der Waals surface area contributed by atoms with Crippen molar-refractivity contribution in [3.05, 3.63) is 66.6 Å². The van der Waals surface area contributed by atoms with E-state index in [0.717, 1.165) is 48.3 Å². The number of halogens is 1. The molecule has 0 saturated carbocycles. The molecule has 0 radical (unpaired) electrons. The molecule has 3 rings (SSSR count). The van der Waals surface area contributed by atoms with Gasteiger partial charge in [0, 0.05) is 11.6 Å². The minimum atomic E-state index is -0.504. The number of benzene rings is 2. The average molecular weight is 478 g/mol. The summed E-state index contributed by atoms with van der Waals surface area (Å²) in [5.74, 6) is 0.744. The SMILES string of the molecule is CCCCCCCCOc1ccc(-c2ccc(-c3ccc(OCCCCCC)nc3F)cc2)cc1. The Hall–Kier alpha value is -2.88. The monoisotopic (exact) mass is 477 g/mol. The number of ether oxygens (including phenoxy) is 2. The average Bonchev–Trinajstić information content (AvgIpc) is 2.89. The van der Waals surface area contributed by atoms with E-state index < -0.39 is 5.95 Å². The van der Waals surface area contributed by atoms with Crippen molar-refractivity contribution in [3.8, 4) is 33.9 Å². The summed E-state index contributed by atoms with van der Waals surface area (Å²) in [6.07, 6.45) is 12.0. The fourth-order valence-electron chi connectivity index (χ4n) is 4.08. The molecule has 35 heavy (non-hydrogen) atoms. The Kier molecular flexibility index (Phi) is 11.6. The quantitative estimate of drug-likeness (QED) is 0.152. The molecule has 0 saturated heterocycles. The van der Waals surface area contributed by atoms with Crippen molar-refractivity contribution >= 4 is 0 Å². The second kappa shape index (κ2) is 15.2. The van der Waals surface area contributed by atoms with Crippen LogP contribution in [0.25, 0.3) is 22.3 Å². The third kappa shape index (κ3) is 9.01. The molecule has 1 heterocycles. The normalized spacial score (nSPS) is 10.9. The van der Waals surface area contributed by atoms with Gasteiger partial charge in [0.25, 0.3) is 0 Å². The van der Waals surface area contributed by atoms with Crippen molar-refractivity contribution in [2.75, 3.05) is 13.2 Å². The van der Waals surface area contributed by atoms with Crippen molar-refractivity contribution < 1.29 is 13.9 Å². The molecule has 0 aliphatic carbocycles. The van der Waals surface area contributed by atoms with Crippen LogP contribution in [-0.4, -0.2) is 18.2 Å². The molecule has 0 fully saturated rings. The lowest BCUT2D eigenvalue weighted by molar-refractivity contribution is 0.289.